The van der Waals surface area contributed by atoms with E-state index in [9.17, 15) is 4.79 Å². The predicted octanol–water partition coefficient (Wildman–Crippen LogP) is 3.33. The molecule has 128 valence electrons. The SMILES string of the molecule is O=C(NCc1ccco1)c1csc(-c2ccc(N3CCCC3)nc2)n1. The maximum absolute atomic E-state index is 12.2. The molecule has 1 aliphatic heterocycles. The molecule has 0 atom stereocenters. The van der Waals surface area contributed by atoms with Gasteiger partial charge in [-0.15, -0.1) is 11.3 Å². The van der Waals surface area contributed by atoms with Crippen molar-refractivity contribution in [3.05, 3.63) is 53.6 Å². The standard InChI is InChI=1S/C18H18N4O2S/c23-17(20-11-14-4-3-9-24-14)15-12-25-18(21-15)13-5-6-16(19-10-13)22-7-1-2-8-22/h3-6,9-10,12H,1-2,7-8,11H2,(H,20,23). The molecule has 0 radical (unpaired) electrons. The largest absolute Gasteiger partial charge is 0.467 e. The van der Waals surface area contributed by atoms with E-state index in [4.69, 9.17) is 4.42 Å². The molecule has 1 fully saturated rings. The number of hydrogen-bond acceptors (Lipinski definition) is 6. The van der Waals surface area contributed by atoms with Crippen LogP contribution in [0.15, 0.2) is 46.5 Å². The van der Waals surface area contributed by atoms with Crippen molar-refractivity contribution in [3.8, 4) is 10.6 Å². The first-order valence-electron chi connectivity index (χ1n) is 8.27. The van der Waals surface area contributed by atoms with Crippen LogP contribution in [0.4, 0.5) is 5.82 Å². The van der Waals surface area contributed by atoms with E-state index in [-0.39, 0.29) is 5.91 Å². The molecule has 0 aromatic carbocycles. The molecular weight excluding hydrogens is 336 g/mol. The summed E-state index contributed by atoms with van der Waals surface area (Å²) in [5.74, 6) is 1.51. The Morgan fingerprint density at radius 1 is 1.28 bits per heavy atom. The van der Waals surface area contributed by atoms with Crippen LogP contribution in [0.5, 0.6) is 0 Å². The van der Waals surface area contributed by atoms with Gasteiger partial charge in [-0.2, -0.15) is 0 Å². The molecule has 1 amide bonds. The maximum Gasteiger partial charge on any atom is 0.271 e. The fourth-order valence-electron chi connectivity index (χ4n) is 2.83. The van der Waals surface area contributed by atoms with Gasteiger partial charge in [0.15, 0.2) is 0 Å². The number of carbonyl (C=O) groups excluding carboxylic acids is 1. The predicted molar refractivity (Wildman–Crippen MR) is 96.7 cm³/mol. The van der Waals surface area contributed by atoms with Gasteiger partial charge in [0.1, 0.15) is 22.3 Å². The minimum atomic E-state index is -0.208. The number of rotatable bonds is 5. The van der Waals surface area contributed by atoms with Crippen molar-refractivity contribution in [1.82, 2.24) is 15.3 Å². The average molecular weight is 354 g/mol. The van der Waals surface area contributed by atoms with Crippen LogP contribution in [0, 0.1) is 0 Å². The minimum absolute atomic E-state index is 0.208. The number of amides is 1. The molecule has 1 aliphatic rings. The van der Waals surface area contributed by atoms with Crippen LogP contribution in [0.1, 0.15) is 29.1 Å². The van der Waals surface area contributed by atoms with Crippen molar-refractivity contribution in [3.63, 3.8) is 0 Å². The van der Waals surface area contributed by atoms with Crippen LogP contribution < -0.4 is 10.2 Å². The number of aromatic nitrogens is 2. The van der Waals surface area contributed by atoms with E-state index in [1.165, 1.54) is 24.2 Å². The van der Waals surface area contributed by atoms with Gasteiger partial charge in [0.05, 0.1) is 12.8 Å². The molecule has 4 rings (SSSR count). The first kappa shape index (κ1) is 15.8. The monoisotopic (exact) mass is 354 g/mol. The van der Waals surface area contributed by atoms with E-state index < -0.39 is 0 Å². The Morgan fingerprint density at radius 3 is 2.88 bits per heavy atom. The lowest BCUT2D eigenvalue weighted by Gasteiger charge is -2.15. The second-order valence-electron chi connectivity index (χ2n) is 5.90. The quantitative estimate of drug-likeness (QED) is 0.761. The zero-order chi connectivity index (χ0) is 17.1. The number of nitrogens with one attached hydrogen (secondary N) is 1. The molecule has 0 saturated carbocycles. The Kier molecular flexibility index (Phi) is 4.47. The third kappa shape index (κ3) is 3.56. The molecule has 4 heterocycles. The molecule has 3 aromatic rings. The number of nitrogens with zero attached hydrogens (tertiary/aromatic N) is 3. The Labute approximate surface area is 149 Å². The van der Waals surface area contributed by atoms with Gasteiger partial charge in [-0.25, -0.2) is 9.97 Å². The molecule has 7 heteroatoms. The summed E-state index contributed by atoms with van der Waals surface area (Å²) < 4.78 is 5.20. The molecular formula is C18H18N4O2S. The van der Waals surface area contributed by atoms with E-state index in [1.54, 1.807) is 17.7 Å². The number of pyridine rings is 1. The number of hydrogen-bond donors (Lipinski definition) is 1. The maximum atomic E-state index is 12.2. The summed E-state index contributed by atoms with van der Waals surface area (Å²) in [5.41, 5.74) is 1.34. The van der Waals surface area contributed by atoms with Crippen molar-refractivity contribution >= 4 is 23.1 Å². The lowest BCUT2D eigenvalue weighted by molar-refractivity contribution is 0.0944. The van der Waals surface area contributed by atoms with E-state index in [1.807, 2.05) is 24.4 Å². The number of thiazole rings is 1. The number of carbonyl (C=O) groups is 1. The molecule has 0 bridgehead atoms. The lowest BCUT2D eigenvalue weighted by atomic mass is 10.3. The lowest BCUT2D eigenvalue weighted by Crippen LogP contribution is -2.22. The zero-order valence-corrected chi connectivity index (χ0v) is 14.5. The van der Waals surface area contributed by atoms with Crippen LogP contribution in [0.2, 0.25) is 0 Å². The second kappa shape index (κ2) is 7.06. The van der Waals surface area contributed by atoms with Gasteiger partial charge >= 0.3 is 0 Å². The molecule has 1 saturated heterocycles. The topological polar surface area (TPSA) is 71.3 Å². The molecule has 25 heavy (non-hydrogen) atoms. The van der Waals surface area contributed by atoms with Gasteiger partial charge in [-0.05, 0) is 37.1 Å². The number of furan rings is 1. The molecule has 0 spiro atoms. The first-order chi connectivity index (χ1) is 12.3. The highest BCUT2D eigenvalue weighted by Crippen LogP contribution is 2.25. The van der Waals surface area contributed by atoms with E-state index >= 15 is 0 Å². The summed E-state index contributed by atoms with van der Waals surface area (Å²) in [5, 5.41) is 5.36. The Balaban J connectivity index is 1.42. The Morgan fingerprint density at radius 2 is 2.16 bits per heavy atom. The molecule has 3 aromatic heterocycles. The van der Waals surface area contributed by atoms with Crippen molar-refractivity contribution < 1.29 is 9.21 Å². The average Bonchev–Trinajstić information content (AvgIpc) is 3.42. The van der Waals surface area contributed by atoms with Gasteiger partial charge in [0, 0.05) is 30.2 Å². The minimum Gasteiger partial charge on any atom is -0.467 e. The van der Waals surface area contributed by atoms with Gasteiger partial charge in [-0.3, -0.25) is 4.79 Å². The zero-order valence-electron chi connectivity index (χ0n) is 13.6. The van der Waals surface area contributed by atoms with Gasteiger partial charge < -0.3 is 14.6 Å². The van der Waals surface area contributed by atoms with Crippen molar-refractivity contribution in [1.29, 1.82) is 0 Å². The summed E-state index contributed by atoms with van der Waals surface area (Å²) in [7, 11) is 0. The van der Waals surface area contributed by atoms with Gasteiger partial charge in [0.25, 0.3) is 5.91 Å². The Hall–Kier alpha value is -2.67. The van der Waals surface area contributed by atoms with Gasteiger partial charge in [0.2, 0.25) is 0 Å². The van der Waals surface area contributed by atoms with E-state index in [0.717, 1.165) is 29.5 Å². The smallest absolute Gasteiger partial charge is 0.271 e. The van der Waals surface area contributed by atoms with E-state index in [0.29, 0.717) is 18.0 Å². The second-order valence-corrected chi connectivity index (χ2v) is 6.76. The summed E-state index contributed by atoms with van der Waals surface area (Å²) in [6.45, 7) is 2.50. The fourth-order valence-corrected chi connectivity index (χ4v) is 3.62. The van der Waals surface area contributed by atoms with Crippen LogP contribution in [-0.4, -0.2) is 29.0 Å². The summed E-state index contributed by atoms with van der Waals surface area (Å²) in [4.78, 5) is 23.4. The van der Waals surface area contributed by atoms with Crippen LogP contribution in [0.25, 0.3) is 10.6 Å². The molecule has 6 nitrogen and oxygen atoms in total. The third-order valence-electron chi connectivity index (χ3n) is 4.16. The summed E-state index contributed by atoms with van der Waals surface area (Å²) >= 11 is 1.44. The van der Waals surface area contributed by atoms with Crippen molar-refractivity contribution in [2.24, 2.45) is 0 Å². The van der Waals surface area contributed by atoms with Crippen LogP contribution in [0.3, 0.4) is 0 Å². The van der Waals surface area contributed by atoms with Crippen molar-refractivity contribution in [2.45, 2.75) is 19.4 Å². The van der Waals surface area contributed by atoms with Crippen molar-refractivity contribution in [2.75, 3.05) is 18.0 Å². The highest BCUT2D eigenvalue weighted by molar-refractivity contribution is 7.13. The summed E-state index contributed by atoms with van der Waals surface area (Å²) in [6, 6.07) is 7.66. The third-order valence-corrected chi connectivity index (χ3v) is 5.06. The fraction of sp³-hybridized carbons (Fsp3) is 0.278. The van der Waals surface area contributed by atoms with Crippen LogP contribution in [-0.2, 0) is 6.54 Å². The molecule has 0 unspecified atom stereocenters. The molecule has 1 N–H and O–H groups in total. The highest BCUT2D eigenvalue weighted by atomic mass is 32.1. The molecule has 0 aliphatic carbocycles. The first-order valence-corrected chi connectivity index (χ1v) is 9.15. The van der Waals surface area contributed by atoms with Gasteiger partial charge in [-0.1, -0.05) is 0 Å². The summed E-state index contributed by atoms with van der Waals surface area (Å²) in [6.07, 6.45) is 5.87. The number of anilines is 1. The Bertz CT molecular complexity index is 836. The highest BCUT2D eigenvalue weighted by Gasteiger charge is 2.15. The van der Waals surface area contributed by atoms with Crippen LogP contribution >= 0.6 is 11.3 Å². The van der Waals surface area contributed by atoms with E-state index in [2.05, 4.69) is 20.2 Å². The normalized spacial score (nSPS) is 14.0.